The van der Waals surface area contributed by atoms with E-state index in [0.29, 0.717) is 0 Å². The zero-order valence-electron chi connectivity index (χ0n) is 6.80. The molecule has 0 aliphatic rings. The minimum absolute atomic E-state index is 0.0547. The number of aromatic nitrogens is 3. The van der Waals surface area contributed by atoms with Crippen molar-refractivity contribution in [2.24, 2.45) is 0 Å². The lowest BCUT2D eigenvalue weighted by Crippen LogP contribution is -1.85. The van der Waals surface area contributed by atoms with Crippen molar-refractivity contribution in [3.8, 4) is 11.6 Å². The van der Waals surface area contributed by atoms with Gasteiger partial charge in [-0.15, -0.1) is 5.10 Å². The van der Waals surface area contributed by atoms with Gasteiger partial charge in [-0.05, 0) is 6.07 Å². The highest BCUT2D eigenvalue weighted by molar-refractivity contribution is 5.49. The molecule has 0 aliphatic carbocycles. The average molecular weight is 195 g/mol. The Labute approximate surface area is 76.9 Å². The Kier molecular flexibility index (Phi) is 1.67. The van der Waals surface area contributed by atoms with Crippen molar-refractivity contribution >= 4 is 11.8 Å². The lowest BCUT2D eigenvalue weighted by molar-refractivity contribution is -0.401. The summed E-state index contributed by atoms with van der Waals surface area (Å²) in [6.07, 6.45) is 0. The van der Waals surface area contributed by atoms with Crippen molar-refractivity contribution in [2.75, 3.05) is 5.73 Å². The highest BCUT2D eigenvalue weighted by Crippen LogP contribution is 2.23. The number of anilines is 1. The number of nitrogen functional groups attached to an aromatic ring is 1. The minimum atomic E-state index is -0.636. The number of nitro groups is 1. The molecule has 0 saturated carbocycles. The summed E-state index contributed by atoms with van der Waals surface area (Å²) in [7, 11) is 0. The van der Waals surface area contributed by atoms with Gasteiger partial charge in [0.2, 0.25) is 5.95 Å². The second kappa shape index (κ2) is 2.83. The van der Waals surface area contributed by atoms with Crippen molar-refractivity contribution < 1.29 is 9.34 Å². The zero-order valence-corrected chi connectivity index (χ0v) is 6.80. The van der Waals surface area contributed by atoms with Gasteiger partial charge in [0.15, 0.2) is 11.6 Å². The molecule has 0 saturated heterocycles. The second-order valence-electron chi connectivity index (χ2n) is 2.44. The van der Waals surface area contributed by atoms with E-state index in [9.17, 15) is 10.1 Å². The Morgan fingerprint density at radius 1 is 1.57 bits per heavy atom. The number of nitrogens with zero attached hydrogens (tertiary/aromatic N) is 3. The van der Waals surface area contributed by atoms with Gasteiger partial charge in [0, 0.05) is 0 Å². The SMILES string of the molecule is Nc1n[nH]c(-c2ccc([N+](=O)[O-])o2)n1. The van der Waals surface area contributed by atoms with E-state index in [1.165, 1.54) is 12.1 Å². The molecule has 0 aromatic carbocycles. The minimum Gasteiger partial charge on any atom is -0.397 e. The summed E-state index contributed by atoms with van der Waals surface area (Å²) in [5.41, 5.74) is 5.25. The lowest BCUT2D eigenvalue weighted by Gasteiger charge is -1.85. The second-order valence-corrected chi connectivity index (χ2v) is 2.44. The van der Waals surface area contributed by atoms with Crippen LogP contribution in [0.15, 0.2) is 16.5 Å². The van der Waals surface area contributed by atoms with Crippen LogP contribution in [0.4, 0.5) is 11.8 Å². The fraction of sp³-hybridized carbons (Fsp3) is 0. The first-order valence-electron chi connectivity index (χ1n) is 3.59. The normalized spacial score (nSPS) is 10.3. The van der Waals surface area contributed by atoms with Crippen molar-refractivity contribution in [1.29, 1.82) is 0 Å². The lowest BCUT2D eigenvalue weighted by atomic mass is 10.4. The van der Waals surface area contributed by atoms with E-state index < -0.39 is 4.92 Å². The molecule has 0 bridgehead atoms. The molecule has 0 atom stereocenters. The van der Waals surface area contributed by atoms with Crippen molar-refractivity contribution in [3.63, 3.8) is 0 Å². The number of nitrogens with one attached hydrogen (secondary N) is 1. The summed E-state index contributed by atoms with van der Waals surface area (Å²) in [6.45, 7) is 0. The molecular weight excluding hydrogens is 190 g/mol. The molecule has 72 valence electrons. The fourth-order valence-electron chi connectivity index (χ4n) is 0.938. The summed E-state index contributed by atoms with van der Waals surface area (Å²) in [5.74, 6) is 0.186. The first-order chi connectivity index (χ1) is 6.66. The van der Waals surface area contributed by atoms with E-state index in [4.69, 9.17) is 10.2 Å². The Hall–Kier alpha value is -2.38. The largest absolute Gasteiger partial charge is 0.433 e. The van der Waals surface area contributed by atoms with Crippen LogP contribution in [-0.4, -0.2) is 20.1 Å². The Morgan fingerprint density at radius 3 is 2.86 bits per heavy atom. The Bertz CT molecular complexity index is 473. The molecule has 2 aromatic rings. The van der Waals surface area contributed by atoms with Crippen LogP contribution in [0.25, 0.3) is 11.6 Å². The number of furan rings is 1. The predicted octanol–water partition coefficient (Wildman–Crippen LogP) is 0.555. The van der Waals surface area contributed by atoms with Crippen LogP contribution in [-0.2, 0) is 0 Å². The number of rotatable bonds is 2. The monoisotopic (exact) mass is 195 g/mol. The third kappa shape index (κ3) is 1.28. The molecule has 2 rings (SSSR count). The van der Waals surface area contributed by atoms with Gasteiger partial charge >= 0.3 is 5.88 Å². The molecule has 14 heavy (non-hydrogen) atoms. The number of hydrogen-bond acceptors (Lipinski definition) is 6. The molecule has 0 radical (unpaired) electrons. The van der Waals surface area contributed by atoms with Crippen LogP contribution >= 0.6 is 0 Å². The molecule has 8 heteroatoms. The first-order valence-corrected chi connectivity index (χ1v) is 3.59. The van der Waals surface area contributed by atoms with Crippen molar-refractivity contribution in [3.05, 3.63) is 22.2 Å². The van der Waals surface area contributed by atoms with Crippen LogP contribution < -0.4 is 5.73 Å². The topological polar surface area (TPSA) is 124 Å². The summed E-state index contributed by atoms with van der Waals surface area (Å²) in [4.78, 5) is 13.4. The summed E-state index contributed by atoms with van der Waals surface area (Å²) < 4.78 is 4.86. The van der Waals surface area contributed by atoms with E-state index >= 15 is 0 Å². The van der Waals surface area contributed by atoms with Crippen LogP contribution in [0.5, 0.6) is 0 Å². The Balaban J connectivity index is 2.38. The van der Waals surface area contributed by atoms with Crippen LogP contribution in [0, 0.1) is 10.1 Å². The van der Waals surface area contributed by atoms with Gasteiger partial charge in [-0.3, -0.25) is 15.2 Å². The highest BCUT2D eigenvalue weighted by Gasteiger charge is 2.15. The third-order valence-electron chi connectivity index (χ3n) is 1.51. The van der Waals surface area contributed by atoms with Gasteiger partial charge in [-0.2, -0.15) is 4.98 Å². The van der Waals surface area contributed by atoms with Gasteiger partial charge in [-0.1, -0.05) is 0 Å². The van der Waals surface area contributed by atoms with Gasteiger partial charge in [0.1, 0.15) is 4.92 Å². The highest BCUT2D eigenvalue weighted by atomic mass is 16.6. The van der Waals surface area contributed by atoms with E-state index in [0.717, 1.165) is 0 Å². The molecular formula is C6H5N5O3. The quantitative estimate of drug-likeness (QED) is 0.532. The van der Waals surface area contributed by atoms with Gasteiger partial charge in [0.05, 0.1) is 6.07 Å². The fourth-order valence-corrected chi connectivity index (χ4v) is 0.938. The number of nitrogens with two attached hydrogens (primary N) is 1. The van der Waals surface area contributed by atoms with E-state index in [2.05, 4.69) is 15.2 Å². The number of H-pyrrole nitrogens is 1. The van der Waals surface area contributed by atoms with E-state index in [1.54, 1.807) is 0 Å². The Morgan fingerprint density at radius 2 is 2.36 bits per heavy atom. The maximum absolute atomic E-state index is 10.3. The van der Waals surface area contributed by atoms with Crippen molar-refractivity contribution in [2.45, 2.75) is 0 Å². The summed E-state index contributed by atoms with van der Waals surface area (Å²) >= 11 is 0. The predicted molar refractivity (Wildman–Crippen MR) is 45.2 cm³/mol. The van der Waals surface area contributed by atoms with E-state index in [1.807, 2.05) is 0 Å². The number of aromatic amines is 1. The number of hydrogen-bond donors (Lipinski definition) is 2. The van der Waals surface area contributed by atoms with Crippen LogP contribution in [0.1, 0.15) is 0 Å². The molecule has 0 amide bonds. The first kappa shape index (κ1) is 8.23. The zero-order chi connectivity index (χ0) is 10.1. The molecule has 2 heterocycles. The molecule has 0 aliphatic heterocycles. The molecule has 3 N–H and O–H groups in total. The van der Waals surface area contributed by atoms with Gasteiger partial charge in [-0.25, -0.2) is 0 Å². The average Bonchev–Trinajstić information content (AvgIpc) is 2.70. The van der Waals surface area contributed by atoms with E-state index in [-0.39, 0.29) is 23.4 Å². The summed E-state index contributed by atoms with van der Waals surface area (Å²) in [6, 6.07) is 2.64. The molecule has 0 spiro atoms. The van der Waals surface area contributed by atoms with Gasteiger partial charge < -0.3 is 10.2 Å². The summed E-state index contributed by atoms with van der Waals surface area (Å²) in [5, 5.41) is 16.3. The molecule has 8 nitrogen and oxygen atoms in total. The molecule has 0 fully saturated rings. The van der Waals surface area contributed by atoms with Crippen LogP contribution in [0.2, 0.25) is 0 Å². The molecule has 2 aromatic heterocycles. The third-order valence-corrected chi connectivity index (χ3v) is 1.51. The molecule has 0 unspecified atom stereocenters. The smallest absolute Gasteiger partial charge is 0.397 e. The van der Waals surface area contributed by atoms with Crippen LogP contribution in [0.3, 0.4) is 0 Å². The van der Waals surface area contributed by atoms with Crippen molar-refractivity contribution in [1.82, 2.24) is 15.2 Å². The maximum atomic E-state index is 10.3. The van der Waals surface area contributed by atoms with Gasteiger partial charge in [0.25, 0.3) is 0 Å². The standard InChI is InChI=1S/C6H5N5O3/c7-6-8-5(9-10-6)3-1-2-4(14-3)11(12)13/h1-2H,(H3,7,8,9,10). The maximum Gasteiger partial charge on any atom is 0.433 e.